The maximum absolute atomic E-state index is 13.6. The van der Waals surface area contributed by atoms with E-state index in [-0.39, 0.29) is 17.6 Å². The second kappa shape index (κ2) is 5.83. The van der Waals surface area contributed by atoms with Crippen LogP contribution in [0, 0.1) is 17.6 Å². The first-order chi connectivity index (χ1) is 8.69. The van der Waals surface area contributed by atoms with Crippen molar-refractivity contribution in [1.82, 2.24) is 4.72 Å². The zero-order chi connectivity index (χ0) is 14.8. The minimum absolute atomic E-state index is 0.0729. The fourth-order valence-corrected chi connectivity index (χ4v) is 3.03. The summed E-state index contributed by atoms with van der Waals surface area (Å²) in [5.41, 5.74) is 5.20. The molecule has 0 saturated carbocycles. The van der Waals surface area contributed by atoms with E-state index in [2.05, 4.69) is 4.72 Å². The monoisotopic (exact) mass is 292 g/mol. The second-order valence-electron chi connectivity index (χ2n) is 4.61. The van der Waals surface area contributed by atoms with E-state index in [1.54, 1.807) is 6.92 Å². The first kappa shape index (κ1) is 15.8. The van der Waals surface area contributed by atoms with Crippen molar-refractivity contribution in [2.75, 3.05) is 5.73 Å². The molecule has 1 aromatic rings. The van der Waals surface area contributed by atoms with E-state index in [4.69, 9.17) is 5.73 Å². The van der Waals surface area contributed by atoms with Crippen LogP contribution < -0.4 is 10.5 Å². The van der Waals surface area contributed by atoms with Crippen molar-refractivity contribution in [3.63, 3.8) is 0 Å². The van der Waals surface area contributed by atoms with E-state index in [1.165, 1.54) is 0 Å². The number of halogens is 2. The van der Waals surface area contributed by atoms with E-state index in [0.717, 1.165) is 18.6 Å². The zero-order valence-electron chi connectivity index (χ0n) is 11.1. The quantitative estimate of drug-likeness (QED) is 0.818. The molecule has 1 rings (SSSR count). The third-order valence-corrected chi connectivity index (χ3v) is 4.70. The van der Waals surface area contributed by atoms with Crippen molar-refractivity contribution in [3.8, 4) is 0 Å². The predicted octanol–water partition coefficient (Wildman–Crippen LogP) is 2.26. The Hall–Kier alpha value is -1.21. The van der Waals surface area contributed by atoms with Gasteiger partial charge in [-0.1, -0.05) is 20.3 Å². The molecule has 0 aliphatic rings. The molecule has 7 heteroatoms. The number of rotatable bonds is 5. The molecule has 19 heavy (non-hydrogen) atoms. The Morgan fingerprint density at radius 3 is 2.42 bits per heavy atom. The van der Waals surface area contributed by atoms with E-state index in [0.29, 0.717) is 0 Å². The van der Waals surface area contributed by atoms with Crippen LogP contribution in [0.2, 0.25) is 0 Å². The summed E-state index contributed by atoms with van der Waals surface area (Å²) in [6.45, 7) is 5.45. The Kier molecular flexibility index (Phi) is 4.86. The van der Waals surface area contributed by atoms with E-state index in [1.807, 2.05) is 13.8 Å². The minimum Gasteiger partial charge on any atom is -0.399 e. The Morgan fingerprint density at radius 2 is 1.89 bits per heavy atom. The molecule has 2 unspecified atom stereocenters. The first-order valence-electron chi connectivity index (χ1n) is 5.95. The standard InChI is InChI=1S/C12H18F2N2O2S/c1-4-7(2)8(3)16-19(17,18)11-6-9(15)5-10(13)12(11)14/h5-8,16H,4,15H2,1-3H3. The van der Waals surface area contributed by atoms with Crippen LogP contribution in [0.1, 0.15) is 27.2 Å². The van der Waals surface area contributed by atoms with Gasteiger partial charge in [0.05, 0.1) is 0 Å². The van der Waals surface area contributed by atoms with Crippen molar-refractivity contribution in [2.45, 2.75) is 38.1 Å². The van der Waals surface area contributed by atoms with Crippen LogP contribution in [0.3, 0.4) is 0 Å². The maximum atomic E-state index is 13.6. The fourth-order valence-electron chi connectivity index (χ4n) is 1.56. The summed E-state index contributed by atoms with van der Waals surface area (Å²) < 4.78 is 53.1. The topological polar surface area (TPSA) is 72.2 Å². The van der Waals surface area contributed by atoms with Crippen LogP contribution in [0.15, 0.2) is 17.0 Å². The van der Waals surface area contributed by atoms with Gasteiger partial charge in [-0.2, -0.15) is 0 Å². The molecular formula is C12H18F2N2O2S. The largest absolute Gasteiger partial charge is 0.399 e. The molecule has 1 aromatic carbocycles. The van der Waals surface area contributed by atoms with Crippen molar-refractivity contribution < 1.29 is 17.2 Å². The highest BCUT2D eigenvalue weighted by Gasteiger charge is 2.25. The molecule has 0 radical (unpaired) electrons. The number of hydrogen-bond donors (Lipinski definition) is 2. The van der Waals surface area contributed by atoms with Crippen LogP contribution in [-0.4, -0.2) is 14.5 Å². The Morgan fingerprint density at radius 1 is 1.32 bits per heavy atom. The summed E-state index contributed by atoms with van der Waals surface area (Å²) >= 11 is 0. The lowest BCUT2D eigenvalue weighted by molar-refractivity contribution is 0.430. The van der Waals surface area contributed by atoms with Gasteiger partial charge in [-0.25, -0.2) is 21.9 Å². The molecule has 0 aliphatic carbocycles. The van der Waals surface area contributed by atoms with Gasteiger partial charge in [0.25, 0.3) is 0 Å². The lowest BCUT2D eigenvalue weighted by Gasteiger charge is -2.20. The summed E-state index contributed by atoms with van der Waals surface area (Å²) in [5, 5.41) is 0. The van der Waals surface area contributed by atoms with Gasteiger partial charge >= 0.3 is 0 Å². The van der Waals surface area contributed by atoms with Crippen molar-refractivity contribution in [2.24, 2.45) is 5.92 Å². The van der Waals surface area contributed by atoms with Crippen LogP contribution in [0.5, 0.6) is 0 Å². The van der Waals surface area contributed by atoms with E-state index in [9.17, 15) is 17.2 Å². The molecule has 108 valence electrons. The molecule has 0 saturated heterocycles. The second-order valence-corrected chi connectivity index (χ2v) is 6.29. The van der Waals surface area contributed by atoms with Crippen LogP contribution in [-0.2, 0) is 10.0 Å². The molecule has 2 atom stereocenters. The zero-order valence-corrected chi connectivity index (χ0v) is 11.9. The Bertz CT molecular complexity index is 561. The molecular weight excluding hydrogens is 274 g/mol. The average molecular weight is 292 g/mol. The number of nitrogens with two attached hydrogens (primary N) is 1. The molecule has 0 amide bonds. The number of hydrogen-bond acceptors (Lipinski definition) is 3. The number of benzene rings is 1. The van der Waals surface area contributed by atoms with E-state index < -0.39 is 26.6 Å². The highest BCUT2D eigenvalue weighted by molar-refractivity contribution is 7.89. The number of nitrogen functional groups attached to an aromatic ring is 1. The Labute approximate surface area is 112 Å². The van der Waals surface area contributed by atoms with Gasteiger partial charge in [0.2, 0.25) is 10.0 Å². The highest BCUT2D eigenvalue weighted by atomic mass is 32.2. The van der Waals surface area contributed by atoms with Gasteiger partial charge < -0.3 is 5.73 Å². The number of anilines is 1. The predicted molar refractivity (Wildman–Crippen MR) is 70.0 cm³/mol. The fraction of sp³-hybridized carbons (Fsp3) is 0.500. The Balaban J connectivity index is 3.14. The third-order valence-electron chi connectivity index (χ3n) is 3.15. The summed E-state index contributed by atoms with van der Waals surface area (Å²) in [6, 6.07) is 1.26. The van der Waals surface area contributed by atoms with Gasteiger partial charge in [0.1, 0.15) is 4.90 Å². The normalized spacial score (nSPS) is 15.2. The number of sulfonamides is 1. The van der Waals surface area contributed by atoms with Crippen LogP contribution in [0.25, 0.3) is 0 Å². The minimum atomic E-state index is -4.14. The van der Waals surface area contributed by atoms with Gasteiger partial charge in [-0.3, -0.25) is 0 Å². The molecule has 3 N–H and O–H groups in total. The van der Waals surface area contributed by atoms with E-state index >= 15 is 0 Å². The summed E-state index contributed by atoms with van der Waals surface area (Å²) in [5.74, 6) is -2.63. The van der Waals surface area contributed by atoms with Gasteiger partial charge in [0.15, 0.2) is 11.6 Å². The molecule has 0 bridgehead atoms. The summed E-state index contributed by atoms with van der Waals surface area (Å²) in [4.78, 5) is -0.764. The maximum Gasteiger partial charge on any atom is 0.243 e. The van der Waals surface area contributed by atoms with Gasteiger partial charge in [0, 0.05) is 11.7 Å². The van der Waals surface area contributed by atoms with Crippen LogP contribution >= 0.6 is 0 Å². The SMILES string of the molecule is CCC(C)C(C)NS(=O)(=O)c1cc(N)cc(F)c1F. The van der Waals surface area contributed by atoms with Gasteiger partial charge in [-0.05, 0) is 25.0 Å². The summed E-state index contributed by atoms with van der Waals surface area (Å²) in [7, 11) is -4.14. The highest BCUT2D eigenvalue weighted by Crippen LogP contribution is 2.22. The van der Waals surface area contributed by atoms with Crippen molar-refractivity contribution in [1.29, 1.82) is 0 Å². The molecule has 0 aliphatic heterocycles. The molecule has 0 spiro atoms. The van der Waals surface area contributed by atoms with Gasteiger partial charge in [-0.15, -0.1) is 0 Å². The number of nitrogens with one attached hydrogen (secondary N) is 1. The molecule has 4 nitrogen and oxygen atoms in total. The van der Waals surface area contributed by atoms with Crippen molar-refractivity contribution in [3.05, 3.63) is 23.8 Å². The third kappa shape index (κ3) is 3.63. The first-order valence-corrected chi connectivity index (χ1v) is 7.44. The molecule has 0 aromatic heterocycles. The lowest BCUT2D eigenvalue weighted by atomic mass is 10.0. The molecule has 0 heterocycles. The smallest absolute Gasteiger partial charge is 0.243 e. The lowest BCUT2D eigenvalue weighted by Crippen LogP contribution is -2.37. The van der Waals surface area contributed by atoms with Crippen LogP contribution in [0.4, 0.5) is 14.5 Å². The average Bonchev–Trinajstić information content (AvgIpc) is 2.31. The summed E-state index contributed by atoms with van der Waals surface area (Å²) in [6.07, 6.45) is 0.761. The van der Waals surface area contributed by atoms with Crippen molar-refractivity contribution >= 4 is 15.7 Å². The molecule has 0 fully saturated rings.